The highest BCUT2D eigenvalue weighted by Gasteiger charge is 2.34. The maximum Gasteiger partial charge on any atom is 0.416 e. The minimum atomic E-state index is -4.71. The van der Waals surface area contributed by atoms with Crippen LogP contribution in [0.5, 0.6) is 5.88 Å². The lowest BCUT2D eigenvalue weighted by Gasteiger charge is -2.15. The van der Waals surface area contributed by atoms with Crippen LogP contribution in [0.2, 0.25) is 5.02 Å². The number of carboxylic acid groups (broad SMARTS) is 1. The van der Waals surface area contributed by atoms with Gasteiger partial charge in [-0.15, -0.1) is 10.2 Å². The summed E-state index contributed by atoms with van der Waals surface area (Å²) in [6.45, 7) is -0.805. The summed E-state index contributed by atoms with van der Waals surface area (Å²) in [4.78, 5) is 22.6. The fraction of sp³-hybridized carbons (Fsp3) is 0.150. The van der Waals surface area contributed by atoms with Gasteiger partial charge in [0.15, 0.2) is 0 Å². The molecule has 2 N–H and O–H groups in total. The first kappa shape index (κ1) is 22.7. The lowest BCUT2D eigenvalue weighted by molar-refractivity contribution is -0.138. The van der Waals surface area contributed by atoms with Crippen LogP contribution in [-0.4, -0.2) is 20.7 Å². The number of hydrogen-bond donors (Lipinski definition) is 2. The molecule has 2 heterocycles. The topological polar surface area (TPSA) is 117 Å². The number of aromatic nitrogens is 1. The van der Waals surface area contributed by atoms with Crippen molar-refractivity contribution in [2.75, 3.05) is 0 Å². The monoisotopic (exact) mass is 496 g/mol. The second-order valence-electron chi connectivity index (χ2n) is 6.95. The smallest absolute Gasteiger partial charge is 0.416 e. The maximum atomic E-state index is 13.7. The van der Waals surface area contributed by atoms with Gasteiger partial charge < -0.3 is 10.2 Å². The van der Waals surface area contributed by atoms with E-state index >= 15 is 0 Å². The van der Waals surface area contributed by atoms with Crippen molar-refractivity contribution in [3.05, 3.63) is 77.7 Å². The molecule has 0 aliphatic carbocycles. The third kappa shape index (κ3) is 4.52. The number of fused-ring (bicyclic) bond motifs is 1. The van der Waals surface area contributed by atoms with Crippen molar-refractivity contribution in [1.29, 1.82) is 0 Å². The van der Waals surface area contributed by atoms with Gasteiger partial charge in [-0.3, -0.25) is 14.2 Å². The zero-order valence-corrected chi connectivity index (χ0v) is 17.9. The predicted molar refractivity (Wildman–Crippen MR) is 112 cm³/mol. The molecule has 0 amide bonds. The van der Waals surface area contributed by atoms with E-state index in [9.17, 15) is 27.9 Å². The van der Waals surface area contributed by atoms with Gasteiger partial charge in [-0.05, 0) is 45.8 Å². The van der Waals surface area contributed by atoms with Crippen molar-refractivity contribution in [3.8, 4) is 5.88 Å². The molecule has 33 heavy (non-hydrogen) atoms. The summed E-state index contributed by atoms with van der Waals surface area (Å²) in [5.41, 5.74) is -0.607. The van der Waals surface area contributed by atoms with Gasteiger partial charge in [0.05, 0.1) is 10.4 Å². The summed E-state index contributed by atoms with van der Waals surface area (Å²) in [6.07, 6.45) is -5.06. The third-order valence-electron chi connectivity index (χ3n) is 4.81. The summed E-state index contributed by atoms with van der Waals surface area (Å²) < 4.78 is 41.7. The summed E-state index contributed by atoms with van der Waals surface area (Å²) in [7, 11) is 0. The van der Waals surface area contributed by atoms with E-state index in [1.54, 1.807) is 12.1 Å². The summed E-state index contributed by atoms with van der Waals surface area (Å²) in [5.74, 6) is -2.02. The molecular weight excluding hydrogens is 485 g/mol. The molecule has 0 fully saturated rings. The van der Waals surface area contributed by atoms with E-state index in [-0.39, 0.29) is 27.5 Å². The Kier molecular flexibility index (Phi) is 5.80. The summed E-state index contributed by atoms with van der Waals surface area (Å²) in [6, 6.07) is 7.91. The average molecular weight is 497 g/mol. The number of carboxylic acids is 1. The van der Waals surface area contributed by atoms with E-state index in [1.807, 2.05) is 0 Å². The Hall–Kier alpha value is -3.51. The quantitative estimate of drug-likeness (QED) is 0.562. The first-order valence-electron chi connectivity index (χ1n) is 9.17. The Labute approximate surface area is 191 Å². The van der Waals surface area contributed by atoms with Crippen LogP contribution < -0.4 is 15.4 Å². The Bertz CT molecular complexity index is 1490. The molecule has 2 aromatic carbocycles. The highest BCUT2D eigenvalue weighted by atomic mass is 35.5. The van der Waals surface area contributed by atoms with Gasteiger partial charge in [-0.1, -0.05) is 35.1 Å². The number of aromatic hydroxyl groups is 1. The standard InChI is InChI=1S/C20H12ClF3N4O4S/c21-11-3-1-10(13(7-11)20(22,23)24)5-12(9-2-4-14-15(6-9)26-27-25-14)17-18(31)28(8-16(29)30)19(32)33-17/h1-4,6-7,31H,5,8H2,(H,29,30). The molecule has 1 aliphatic heterocycles. The molecule has 0 unspecified atom stereocenters. The van der Waals surface area contributed by atoms with Crippen molar-refractivity contribution in [1.82, 2.24) is 4.57 Å². The van der Waals surface area contributed by atoms with Crippen molar-refractivity contribution in [3.63, 3.8) is 0 Å². The Morgan fingerprint density at radius 1 is 1.18 bits per heavy atom. The fourth-order valence-electron chi connectivity index (χ4n) is 3.33. The highest BCUT2D eigenvalue weighted by molar-refractivity contribution is 7.10. The van der Waals surface area contributed by atoms with Gasteiger partial charge in [0.25, 0.3) is 0 Å². The molecule has 0 spiro atoms. The fourth-order valence-corrected chi connectivity index (χ4v) is 4.46. The summed E-state index contributed by atoms with van der Waals surface area (Å²) in [5, 5.41) is 31.5. The maximum absolute atomic E-state index is 13.7. The molecule has 0 bridgehead atoms. The van der Waals surface area contributed by atoms with Crippen molar-refractivity contribution >= 4 is 40.2 Å². The number of nitrogens with zero attached hydrogens (tertiary/aromatic N) is 4. The molecule has 0 atom stereocenters. The molecule has 0 radical (unpaired) electrons. The van der Waals surface area contributed by atoms with Crippen LogP contribution in [0.4, 0.5) is 18.9 Å². The minimum Gasteiger partial charge on any atom is -0.493 e. The van der Waals surface area contributed by atoms with Crippen LogP contribution in [0.1, 0.15) is 16.0 Å². The first-order chi connectivity index (χ1) is 15.5. The van der Waals surface area contributed by atoms with Crippen LogP contribution in [0, 0.1) is 0 Å². The molecule has 4 rings (SSSR count). The normalized spacial score (nSPS) is 13.6. The highest BCUT2D eigenvalue weighted by Crippen LogP contribution is 2.37. The van der Waals surface area contributed by atoms with Gasteiger partial charge in [0, 0.05) is 11.4 Å². The van der Waals surface area contributed by atoms with E-state index < -0.39 is 35.0 Å². The number of hydrogen-bond acceptors (Lipinski definition) is 7. The lowest BCUT2D eigenvalue weighted by Crippen LogP contribution is -2.18. The number of aliphatic carboxylic acids is 1. The van der Waals surface area contributed by atoms with Gasteiger partial charge in [-0.25, -0.2) is 0 Å². The van der Waals surface area contributed by atoms with Crippen LogP contribution in [0.3, 0.4) is 0 Å². The minimum absolute atomic E-state index is 0.0591. The van der Waals surface area contributed by atoms with E-state index in [0.29, 0.717) is 32.2 Å². The van der Waals surface area contributed by atoms with E-state index in [2.05, 4.69) is 15.4 Å². The molecule has 13 heteroatoms. The Balaban J connectivity index is 1.98. The number of carbonyl (C=O) groups is 1. The van der Waals surface area contributed by atoms with Crippen LogP contribution in [-0.2, 0) is 23.9 Å². The third-order valence-corrected chi connectivity index (χ3v) is 6.07. The van der Waals surface area contributed by atoms with Crippen LogP contribution in [0.15, 0.2) is 56.6 Å². The van der Waals surface area contributed by atoms with Crippen molar-refractivity contribution in [2.45, 2.75) is 19.1 Å². The largest absolute Gasteiger partial charge is 0.493 e. The van der Waals surface area contributed by atoms with E-state index in [0.717, 1.165) is 6.07 Å². The molecule has 170 valence electrons. The summed E-state index contributed by atoms with van der Waals surface area (Å²) >= 11 is 6.30. The number of thiazole rings is 1. The van der Waals surface area contributed by atoms with Gasteiger partial charge in [0.1, 0.15) is 17.6 Å². The molecular formula is C20H12ClF3N4O4S. The van der Waals surface area contributed by atoms with Crippen molar-refractivity contribution in [2.24, 2.45) is 15.4 Å². The number of alkyl halides is 3. The van der Waals surface area contributed by atoms with Crippen LogP contribution in [0.25, 0.3) is 5.57 Å². The second kappa shape index (κ2) is 8.45. The first-order valence-corrected chi connectivity index (χ1v) is 10.4. The molecule has 0 saturated carbocycles. The molecule has 1 aromatic heterocycles. The SMILES string of the molecule is O=C(O)Cn1c(O)c(C(Cc2ccc(Cl)cc2C(F)(F)F)=c2ccc3c(c2)N=NN=3)sc1=O. The lowest BCUT2D eigenvalue weighted by atomic mass is 9.96. The van der Waals surface area contributed by atoms with E-state index in [4.69, 9.17) is 16.7 Å². The van der Waals surface area contributed by atoms with Gasteiger partial charge in [0.2, 0.25) is 5.88 Å². The molecule has 8 nitrogen and oxygen atoms in total. The Morgan fingerprint density at radius 2 is 1.94 bits per heavy atom. The zero-order valence-electron chi connectivity index (χ0n) is 16.3. The number of rotatable bonds is 5. The predicted octanol–water partition coefficient (Wildman–Crippen LogP) is 3.45. The number of benzene rings is 2. The van der Waals surface area contributed by atoms with Crippen LogP contribution >= 0.6 is 22.9 Å². The van der Waals surface area contributed by atoms with E-state index in [1.165, 1.54) is 18.2 Å². The molecule has 0 saturated heterocycles. The average Bonchev–Trinajstić information content (AvgIpc) is 3.31. The van der Waals surface area contributed by atoms with Gasteiger partial charge in [-0.2, -0.15) is 13.2 Å². The zero-order chi connectivity index (χ0) is 23.9. The molecule has 1 aliphatic rings. The second-order valence-corrected chi connectivity index (χ2v) is 8.35. The van der Waals surface area contributed by atoms with Gasteiger partial charge >= 0.3 is 17.0 Å². The van der Waals surface area contributed by atoms with Crippen molar-refractivity contribution < 1.29 is 28.2 Å². The molecule has 3 aromatic rings. The number of halogens is 4. The Morgan fingerprint density at radius 3 is 2.64 bits per heavy atom.